The average molecular weight is 439 g/mol. The molecule has 0 amide bonds. The van der Waals surface area contributed by atoms with Crippen molar-refractivity contribution in [2.45, 2.75) is 25.9 Å². The maximum absolute atomic E-state index is 12.8. The zero-order valence-electron chi connectivity index (χ0n) is 15.9. The molecule has 9 heteroatoms. The van der Waals surface area contributed by atoms with Crippen LogP contribution in [0, 0.1) is 0 Å². The van der Waals surface area contributed by atoms with Gasteiger partial charge in [-0.05, 0) is 36.2 Å². The SMILES string of the molecule is CCc1c[nH]c(OCCc2cccc(Oc3ccc(C(F)(F)F)c(Cl)c3)c2)nc1=O. The minimum absolute atomic E-state index is 0.143. The molecular weight excluding hydrogens is 421 g/mol. The van der Waals surface area contributed by atoms with Crippen molar-refractivity contribution in [3.05, 3.63) is 80.7 Å². The van der Waals surface area contributed by atoms with Crippen LogP contribution >= 0.6 is 11.6 Å². The van der Waals surface area contributed by atoms with Gasteiger partial charge in [0.1, 0.15) is 11.5 Å². The fraction of sp³-hybridized carbons (Fsp3) is 0.238. The van der Waals surface area contributed by atoms with Gasteiger partial charge in [-0.15, -0.1) is 0 Å². The van der Waals surface area contributed by atoms with Gasteiger partial charge in [-0.3, -0.25) is 4.79 Å². The number of halogens is 4. The predicted molar refractivity (Wildman–Crippen MR) is 106 cm³/mol. The molecule has 1 heterocycles. The Hall–Kier alpha value is -3.00. The summed E-state index contributed by atoms with van der Waals surface area (Å²) in [6.45, 7) is 2.13. The first kappa shape index (κ1) is 21.7. The van der Waals surface area contributed by atoms with Crippen molar-refractivity contribution in [3.63, 3.8) is 0 Å². The minimum atomic E-state index is -4.52. The van der Waals surface area contributed by atoms with Crippen molar-refractivity contribution in [2.75, 3.05) is 6.61 Å². The lowest BCUT2D eigenvalue weighted by Crippen LogP contribution is -2.15. The Morgan fingerprint density at radius 2 is 1.90 bits per heavy atom. The third-order valence-electron chi connectivity index (χ3n) is 4.24. The van der Waals surface area contributed by atoms with E-state index >= 15 is 0 Å². The number of rotatable bonds is 7. The van der Waals surface area contributed by atoms with E-state index in [-0.39, 0.29) is 23.9 Å². The van der Waals surface area contributed by atoms with E-state index in [2.05, 4.69) is 9.97 Å². The summed E-state index contributed by atoms with van der Waals surface area (Å²) in [4.78, 5) is 18.4. The van der Waals surface area contributed by atoms with Gasteiger partial charge in [0.05, 0.1) is 17.2 Å². The summed E-state index contributed by atoms with van der Waals surface area (Å²) in [5.74, 6) is 0.640. The van der Waals surface area contributed by atoms with Crippen LogP contribution in [0.15, 0.2) is 53.5 Å². The molecule has 0 saturated heterocycles. The molecule has 5 nitrogen and oxygen atoms in total. The molecule has 0 unspecified atom stereocenters. The molecule has 0 bridgehead atoms. The van der Waals surface area contributed by atoms with E-state index in [4.69, 9.17) is 21.1 Å². The summed E-state index contributed by atoms with van der Waals surface area (Å²) in [7, 11) is 0. The highest BCUT2D eigenvalue weighted by atomic mass is 35.5. The summed E-state index contributed by atoms with van der Waals surface area (Å²) in [5.41, 5.74) is 0.214. The molecule has 0 fully saturated rings. The number of benzene rings is 2. The number of nitrogens with zero attached hydrogens (tertiary/aromatic N) is 1. The molecule has 0 spiro atoms. The molecule has 158 valence electrons. The number of hydrogen-bond donors (Lipinski definition) is 1. The lowest BCUT2D eigenvalue weighted by molar-refractivity contribution is -0.137. The molecule has 0 atom stereocenters. The highest BCUT2D eigenvalue weighted by Gasteiger charge is 2.33. The molecule has 0 aliphatic rings. The fourth-order valence-electron chi connectivity index (χ4n) is 2.69. The zero-order valence-corrected chi connectivity index (χ0v) is 16.7. The van der Waals surface area contributed by atoms with Gasteiger partial charge >= 0.3 is 6.18 Å². The van der Waals surface area contributed by atoms with Gasteiger partial charge in [0.2, 0.25) is 0 Å². The Morgan fingerprint density at radius 3 is 2.57 bits per heavy atom. The number of ether oxygens (including phenoxy) is 2. The van der Waals surface area contributed by atoms with Crippen LogP contribution in [0.4, 0.5) is 13.2 Å². The third kappa shape index (κ3) is 5.54. The topological polar surface area (TPSA) is 64.2 Å². The van der Waals surface area contributed by atoms with E-state index in [9.17, 15) is 18.0 Å². The summed E-state index contributed by atoms with van der Waals surface area (Å²) in [6, 6.07) is 10.4. The van der Waals surface area contributed by atoms with Crippen molar-refractivity contribution < 1.29 is 22.6 Å². The lowest BCUT2D eigenvalue weighted by Gasteiger charge is -2.12. The molecule has 0 saturated carbocycles. The number of nitrogens with one attached hydrogen (secondary N) is 1. The molecule has 2 aromatic carbocycles. The smallest absolute Gasteiger partial charge is 0.417 e. The van der Waals surface area contributed by atoms with Gasteiger partial charge in [-0.2, -0.15) is 18.2 Å². The fourth-order valence-corrected chi connectivity index (χ4v) is 2.97. The molecule has 1 aromatic heterocycles. The van der Waals surface area contributed by atoms with Crippen LogP contribution in [0.5, 0.6) is 17.5 Å². The number of H-pyrrole nitrogens is 1. The van der Waals surface area contributed by atoms with Crippen molar-refractivity contribution in [3.8, 4) is 17.5 Å². The van der Waals surface area contributed by atoms with Crippen molar-refractivity contribution in [1.29, 1.82) is 0 Å². The minimum Gasteiger partial charge on any atom is -0.464 e. The first-order valence-electron chi connectivity index (χ1n) is 9.11. The Labute approximate surface area is 175 Å². The summed E-state index contributed by atoms with van der Waals surface area (Å²) in [6.07, 6.45) is -1.86. The maximum Gasteiger partial charge on any atom is 0.417 e. The Balaban J connectivity index is 1.62. The number of aromatic amines is 1. The second kappa shape index (κ2) is 9.21. The standard InChI is InChI=1S/C21H18ClF3N2O3/c1-2-14-12-26-20(27-19(14)28)29-9-8-13-4-3-5-15(10-13)30-16-6-7-17(18(22)11-16)21(23,24)25/h3-7,10-12H,2,8-9H2,1H3,(H,26,27,28). The Morgan fingerprint density at radius 1 is 1.13 bits per heavy atom. The summed E-state index contributed by atoms with van der Waals surface area (Å²) in [5, 5.41) is -0.430. The first-order chi connectivity index (χ1) is 14.3. The zero-order chi connectivity index (χ0) is 21.7. The normalized spacial score (nSPS) is 11.4. The number of aromatic nitrogens is 2. The van der Waals surface area contributed by atoms with Crippen LogP contribution in [0.1, 0.15) is 23.6 Å². The van der Waals surface area contributed by atoms with Gasteiger partial charge in [0, 0.05) is 24.2 Å². The van der Waals surface area contributed by atoms with Gasteiger partial charge in [0.25, 0.3) is 11.6 Å². The van der Waals surface area contributed by atoms with Crippen LogP contribution < -0.4 is 15.0 Å². The monoisotopic (exact) mass is 438 g/mol. The van der Waals surface area contributed by atoms with Crippen LogP contribution in [0.3, 0.4) is 0 Å². The molecule has 30 heavy (non-hydrogen) atoms. The highest BCUT2D eigenvalue weighted by Crippen LogP contribution is 2.37. The molecule has 0 aliphatic heterocycles. The van der Waals surface area contributed by atoms with E-state index in [1.54, 1.807) is 24.4 Å². The molecule has 0 aliphatic carbocycles. The van der Waals surface area contributed by atoms with Crippen LogP contribution in [-0.2, 0) is 19.0 Å². The van der Waals surface area contributed by atoms with Gasteiger partial charge in [-0.25, -0.2) is 0 Å². The largest absolute Gasteiger partial charge is 0.464 e. The first-order valence-corrected chi connectivity index (χ1v) is 9.49. The van der Waals surface area contributed by atoms with Crippen molar-refractivity contribution in [2.24, 2.45) is 0 Å². The third-order valence-corrected chi connectivity index (χ3v) is 4.55. The van der Waals surface area contributed by atoms with E-state index in [0.29, 0.717) is 24.2 Å². The molecule has 1 N–H and O–H groups in total. The van der Waals surface area contributed by atoms with Gasteiger partial charge in [-0.1, -0.05) is 30.7 Å². The number of alkyl halides is 3. The number of hydrogen-bond acceptors (Lipinski definition) is 4. The average Bonchev–Trinajstić information content (AvgIpc) is 2.67. The number of aryl methyl sites for hydroxylation is 1. The lowest BCUT2D eigenvalue weighted by atomic mass is 10.1. The van der Waals surface area contributed by atoms with E-state index in [0.717, 1.165) is 17.7 Å². The second-order valence-electron chi connectivity index (χ2n) is 6.38. The predicted octanol–water partition coefficient (Wildman–Crippen LogP) is 5.42. The van der Waals surface area contributed by atoms with E-state index in [1.165, 1.54) is 6.07 Å². The highest BCUT2D eigenvalue weighted by molar-refractivity contribution is 6.31. The molecule has 3 aromatic rings. The Bertz CT molecular complexity index is 1080. The molecular formula is C21H18ClF3N2O3. The van der Waals surface area contributed by atoms with Gasteiger partial charge in [0.15, 0.2) is 0 Å². The summed E-state index contributed by atoms with van der Waals surface area (Å²) >= 11 is 5.72. The van der Waals surface area contributed by atoms with E-state index < -0.39 is 16.8 Å². The van der Waals surface area contributed by atoms with Crippen LogP contribution in [0.25, 0.3) is 0 Å². The van der Waals surface area contributed by atoms with Crippen LogP contribution in [0.2, 0.25) is 5.02 Å². The maximum atomic E-state index is 12.8. The Kier molecular flexibility index (Phi) is 6.66. The molecule has 0 radical (unpaired) electrons. The van der Waals surface area contributed by atoms with Crippen molar-refractivity contribution >= 4 is 11.6 Å². The quantitative estimate of drug-likeness (QED) is 0.535. The van der Waals surface area contributed by atoms with Crippen LogP contribution in [-0.4, -0.2) is 16.6 Å². The summed E-state index contributed by atoms with van der Waals surface area (Å²) < 4.78 is 49.5. The van der Waals surface area contributed by atoms with Crippen molar-refractivity contribution in [1.82, 2.24) is 9.97 Å². The van der Waals surface area contributed by atoms with E-state index in [1.807, 2.05) is 13.0 Å². The second-order valence-corrected chi connectivity index (χ2v) is 6.78. The molecule has 3 rings (SSSR count). The van der Waals surface area contributed by atoms with Gasteiger partial charge < -0.3 is 14.5 Å².